The lowest BCUT2D eigenvalue weighted by molar-refractivity contribution is 1.53. The second kappa shape index (κ2) is 43.5. The van der Waals surface area contributed by atoms with E-state index < -0.39 is 0 Å². The van der Waals surface area contributed by atoms with E-state index in [4.69, 9.17) is 0 Å². The highest BCUT2D eigenvalue weighted by atomic mass is 33.1. The Morgan fingerprint density at radius 2 is 0.750 bits per heavy atom. The summed E-state index contributed by atoms with van der Waals surface area (Å²) in [6.07, 6.45) is 8.24. The quantitative estimate of drug-likeness (QED) is 0.389. The largest absolute Gasteiger partial charge is 0.0979 e. The van der Waals surface area contributed by atoms with Crippen LogP contribution in [0.5, 0.6) is 0 Å². The van der Waals surface area contributed by atoms with E-state index in [1.54, 1.807) is 43.2 Å². The van der Waals surface area contributed by atoms with E-state index in [0.29, 0.717) is 0 Å². The minimum atomic E-state index is 0. The minimum Gasteiger partial charge on any atom is -0.0979 e. The summed E-state index contributed by atoms with van der Waals surface area (Å²) in [6, 6.07) is 0. The lowest BCUT2D eigenvalue weighted by Crippen LogP contribution is -1.59. The molecule has 0 aromatic carbocycles. The predicted molar refractivity (Wildman–Crippen MR) is 104 cm³/mol. The van der Waals surface area contributed by atoms with Crippen molar-refractivity contribution < 1.29 is 0 Å². The standard InChI is InChI=1S/C4H10S2.2C2H6S2.2CH4/c1-3-5-6-4-2;2*1-3-4-2;;/h3-4H2,1-2H3;2*1-2H3;2*1H4. The molecule has 0 heterocycles. The summed E-state index contributed by atoms with van der Waals surface area (Å²) in [5.41, 5.74) is 0. The van der Waals surface area contributed by atoms with Crippen molar-refractivity contribution in [3.63, 3.8) is 0 Å². The number of hydrogen-bond acceptors (Lipinski definition) is 6. The summed E-state index contributed by atoms with van der Waals surface area (Å²) in [5, 5.41) is 0. The van der Waals surface area contributed by atoms with Gasteiger partial charge in [0.15, 0.2) is 0 Å². The van der Waals surface area contributed by atoms with Crippen molar-refractivity contribution in [2.45, 2.75) is 28.7 Å². The van der Waals surface area contributed by atoms with Gasteiger partial charge >= 0.3 is 0 Å². The molecule has 16 heavy (non-hydrogen) atoms. The van der Waals surface area contributed by atoms with Crippen molar-refractivity contribution >= 4 is 64.8 Å². The predicted octanol–water partition coefficient (Wildman–Crippen LogP) is 6.93. The second-order valence-electron chi connectivity index (χ2n) is 1.48. The van der Waals surface area contributed by atoms with E-state index in [1.807, 2.05) is 21.6 Å². The molecule has 0 nitrogen and oxygen atoms in total. The van der Waals surface area contributed by atoms with Crippen molar-refractivity contribution in [2.24, 2.45) is 0 Å². The molecule has 0 saturated carbocycles. The van der Waals surface area contributed by atoms with E-state index in [1.165, 1.54) is 11.5 Å². The van der Waals surface area contributed by atoms with Gasteiger partial charge in [0.25, 0.3) is 0 Å². The zero-order valence-corrected chi connectivity index (χ0v) is 14.8. The molecule has 0 saturated heterocycles. The Balaban J connectivity index is -0.0000000367. The third kappa shape index (κ3) is 72.8. The third-order valence-corrected chi connectivity index (χ3v) is 5.87. The minimum absolute atomic E-state index is 0. The molecule has 0 fully saturated rings. The fourth-order valence-corrected chi connectivity index (χ4v) is 1.50. The van der Waals surface area contributed by atoms with Crippen LogP contribution in [0.15, 0.2) is 0 Å². The fraction of sp³-hybridized carbons (Fsp3) is 1.00. The van der Waals surface area contributed by atoms with E-state index in [-0.39, 0.29) is 14.9 Å². The van der Waals surface area contributed by atoms with E-state index in [2.05, 4.69) is 38.9 Å². The van der Waals surface area contributed by atoms with Crippen LogP contribution in [0.25, 0.3) is 0 Å². The molecule has 0 amide bonds. The van der Waals surface area contributed by atoms with Gasteiger partial charge in [0.1, 0.15) is 0 Å². The Morgan fingerprint density at radius 3 is 0.812 bits per heavy atom. The summed E-state index contributed by atoms with van der Waals surface area (Å²) >= 11 is 0. The molecule has 0 aromatic rings. The SMILES string of the molecule is C.C.CCSSCC.CSSC.CSSC. The summed E-state index contributed by atoms with van der Waals surface area (Å²) in [5.74, 6) is 2.47. The molecular weight excluding hydrogens is 313 g/mol. The van der Waals surface area contributed by atoms with Crippen LogP contribution in [0.3, 0.4) is 0 Å². The van der Waals surface area contributed by atoms with Gasteiger partial charge in [-0.15, -0.1) is 0 Å². The second-order valence-corrected chi connectivity index (χ2v) is 9.85. The van der Waals surface area contributed by atoms with E-state index in [9.17, 15) is 0 Å². The van der Waals surface area contributed by atoms with Gasteiger partial charge in [0.05, 0.1) is 0 Å². The van der Waals surface area contributed by atoms with Crippen LogP contribution in [0, 0.1) is 0 Å². The molecule has 0 rings (SSSR count). The molecule has 0 radical (unpaired) electrons. The van der Waals surface area contributed by atoms with Crippen LogP contribution in [0.4, 0.5) is 0 Å². The molecule has 0 bridgehead atoms. The van der Waals surface area contributed by atoms with Gasteiger partial charge in [0.2, 0.25) is 0 Å². The van der Waals surface area contributed by atoms with Gasteiger partial charge in [-0.2, -0.15) is 0 Å². The maximum Gasteiger partial charge on any atom is 0.000844 e. The fourth-order valence-electron chi connectivity index (χ4n) is 0.167. The molecule has 0 N–H and O–H groups in total. The number of hydrogen-bond donors (Lipinski definition) is 0. The highest BCUT2D eigenvalue weighted by Gasteiger charge is 1.75. The first-order valence-corrected chi connectivity index (χ1v) is 12.5. The van der Waals surface area contributed by atoms with Gasteiger partial charge < -0.3 is 0 Å². The van der Waals surface area contributed by atoms with E-state index >= 15 is 0 Å². The Hall–Kier alpha value is 2.10. The van der Waals surface area contributed by atoms with Gasteiger partial charge in [-0.25, -0.2) is 0 Å². The van der Waals surface area contributed by atoms with Gasteiger partial charge in [-0.05, 0) is 25.0 Å². The maximum absolute atomic E-state index is 2.17. The normalized spacial score (nSPS) is 7.12. The zero-order valence-electron chi connectivity index (χ0n) is 9.86. The zero-order chi connectivity index (χ0) is 11.7. The number of rotatable bonds is 5. The van der Waals surface area contributed by atoms with Gasteiger partial charge in [-0.1, -0.05) is 93.5 Å². The van der Waals surface area contributed by atoms with Crippen LogP contribution in [0.2, 0.25) is 0 Å². The summed E-state index contributed by atoms with van der Waals surface area (Å²) in [7, 11) is 10.9. The van der Waals surface area contributed by atoms with Crippen LogP contribution < -0.4 is 0 Å². The molecular formula is C10H30S6. The van der Waals surface area contributed by atoms with Crippen molar-refractivity contribution in [1.82, 2.24) is 0 Å². The topological polar surface area (TPSA) is 0 Å². The molecule has 0 atom stereocenters. The smallest absolute Gasteiger partial charge is 0.000844 e. The monoisotopic (exact) mass is 342 g/mol. The average molecular weight is 343 g/mol. The van der Waals surface area contributed by atoms with Crippen molar-refractivity contribution in [2.75, 3.05) is 36.5 Å². The highest BCUT2D eigenvalue weighted by molar-refractivity contribution is 8.77. The Labute approximate surface area is 129 Å². The lowest BCUT2D eigenvalue weighted by atomic mass is 11.0. The summed E-state index contributed by atoms with van der Waals surface area (Å²) in [6.45, 7) is 4.35. The van der Waals surface area contributed by atoms with Gasteiger partial charge in [-0.3, -0.25) is 0 Å². The van der Waals surface area contributed by atoms with Crippen LogP contribution in [-0.4, -0.2) is 36.5 Å². The van der Waals surface area contributed by atoms with Crippen LogP contribution in [0.1, 0.15) is 28.7 Å². The molecule has 0 aromatic heterocycles. The molecule has 6 heteroatoms. The molecule has 106 valence electrons. The Kier molecular flexibility index (Phi) is 83.8. The third-order valence-electron chi connectivity index (χ3n) is 0.652. The first-order chi connectivity index (χ1) is 6.74. The lowest BCUT2D eigenvalue weighted by Gasteiger charge is -1.86. The van der Waals surface area contributed by atoms with E-state index in [0.717, 1.165) is 0 Å². The Morgan fingerprint density at radius 1 is 0.562 bits per heavy atom. The summed E-state index contributed by atoms with van der Waals surface area (Å²) < 4.78 is 0. The molecule has 0 aliphatic carbocycles. The van der Waals surface area contributed by atoms with Gasteiger partial charge in [0, 0.05) is 11.5 Å². The first-order valence-electron chi connectivity index (χ1n) is 4.12. The van der Waals surface area contributed by atoms with Crippen molar-refractivity contribution in [1.29, 1.82) is 0 Å². The molecule has 0 aliphatic heterocycles. The van der Waals surface area contributed by atoms with Crippen LogP contribution >= 0.6 is 64.8 Å². The van der Waals surface area contributed by atoms with Crippen molar-refractivity contribution in [3.05, 3.63) is 0 Å². The first kappa shape index (κ1) is 30.8. The molecule has 0 spiro atoms. The maximum atomic E-state index is 2.17. The molecule has 0 unspecified atom stereocenters. The average Bonchev–Trinajstić information content (AvgIpc) is 2.27. The summed E-state index contributed by atoms with van der Waals surface area (Å²) in [4.78, 5) is 0. The molecule has 0 aliphatic rings. The van der Waals surface area contributed by atoms with Crippen LogP contribution in [-0.2, 0) is 0 Å². The highest BCUT2D eigenvalue weighted by Crippen LogP contribution is 2.18. The van der Waals surface area contributed by atoms with Crippen molar-refractivity contribution in [3.8, 4) is 0 Å². The Bertz CT molecular complexity index is 51.3.